The van der Waals surface area contributed by atoms with E-state index in [2.05, 4.69) is 18.8 Å². The average Bonchev–Trinajstić information content (AvgIpc) is 2.48. The molecule has 1 amide bonds. The maximum absolute atomic E-state index is 11.7. The second-order valence-corrected chi connectivity index (χ2v) is 4.41. The molecule has 1 unspecified atom stereocenters. The number of rotatable bonds is 6. The van der Waals surface area contributed by atoms with Crippen LogP contribution in [0.5, 0.6) is 0 Å². The van der Waals surface area contributed by atoms with Crippen LogP contribution >= 0.6 is 0 Å². The Kier molecular flexibility index (Phi) is 4.82. The zero-order chi connectivity index (χ0) is 11.3. The summed E-state index contributed by atoms with van der Waals surface area (Å²) in [6.45, 7) is 8.57. The normalized spacial score (nSPS) is 21.1. The minimum Gasteiger partial charge on any atom is -0.338 e. The molecule has 15 heavy (non-hydrogen) atoms. The maximum Gasteiger partial charge on any atom is 0.223 e. The molecule has 0 spiro atoms. The van der Waals surface area contributed by atoms with Gasteiger partial charge in [0, 0.05) is 26.1 Å². The van der Waals surface area contributed by atoms with E-state index in [1.165, 1.54) is 12.8 Å². The number of carbonyl (C=O) groups is 1. The molecule has 1 aliphatic heterocycles. The van der Waals surface area contributed by atoms with E-state index in [9.17, 15) is 4.79 Å². The van der Waals surface area contributed by atoms with E-state index in [-0.39, 0.29) is 0 Å². The van der Waals surface area contributed by atoms with Crippen molar-refractivity contribution in [1.82, 2.24) is 10.2 Å². The van der Waals surface area contributed by atoms with Crippen LogP contribution in [0.1, 0.15) is 26.2 Å². The quantitative estimate of drug-likeness (QED) is 0.672. The second-order valence-electron chi connectivity index (χ2n) is 4.41. The topological polar surface area (TPSA) is 32.3 Å². The fourth-order valence-corrected chi connectivity index (χ4v) is 2.18. The van der Waals surface area contributed by atoms with Crippen LogP contribution in [0.4, 0.5) is 0 Å². The lowest BCUT2D eigenvalue weighted by Gasteiger charge is -2.17. The highest BCUT2D eigenvalue weighted by Crippen LogP contribution is 2.22. The molecule has 0 saturated carbocycles. The molecule has 3 nitrogen and oxygen atoms in total. The number of likely N-dealkylation sites (tertiary alicyclic amines) is 1. The van der Waals surface area contributed by atoms with E-state index in [4.69, 9.17) is 0 Å². The highest BCUT2D eigenvalue weighted by molar-refractivity contribution is 5.78. The Morgan fingerprint density at radius 3 is 3.00 bits per heavy atom. The highest BCUT2D eigenvalue weighted by Gasteiger charge is 2.28. The number of nitrogens with zero attached hydrogens (tertiary/aromatic N) is 1. The molecule has 1 N–H and O–H groups in total. The molecule has 0 aliphatic carbocycles. The van der Waals surface area contributed by atoms with Gasteiger partial charge in [0.15, 0.2) is 0 Å². The third kappa shape index (κ3) is 3.67. The first-order valence-electron chi connectivity index (χ1n) is 5.76. The number of hydrogen-bond acceptors (Lipinski definition) is 2. The van der Waals surface area contributed by atoms with Crippen LogP contribution in [-0.4, -0.2) is 37.5 Å². The van der Waals surface area contributed by atoms with Crippen molar-refractivity contribution in [3.8, 4) is 0 Å². The molecule has 1 heterocycles. The molecule has 1 saturated heterocycles. The van der Waals surface area contributed by atoms with E-state index >= 15 is 0 Å². The fourth-order valence-electron chi connectivity index (χ4n) is 2.18. The van der Waals surface area contributed by atoms with Crippen LogP contribution in [0.15, 0.2) is 12.2 Å². The van der Waals surface area contributed by atoms with E-state index < -0.39 is 0 Å². The van der Waals surface area contributed by atoms with Crippen LogP contribution < -0.4 is 5.32 Å². The number of amides is 1. The zero-order valence-electron chi connectivity index (χ0n) is 9.88. The minimum absolute atomic E-state index is 0.297. The first-order valence-corrected chi connectivity index (χ1v) is 5.76. The number of hydrogen-bond donors (Lipinski definition) is 1. The molecule has 1 rings (SSSR count). The Morgan fingerprint density at radius 2 is 2.40 bits per heavy atom. The van der Waals surface area contributed by atoms with Gasteiger partial charge in [-0.3, -0.25) is 4.79 Å². The van der Waals surface area contributed by atoms with Crippen LogP contribution in [0.25, 0.3) is 0 Å². The summed E-state index contributed by atoms with van der Waals surface area (Å²) in [4.78, 5) is 13.6. The molecule has 1 fully saturated rings. The van der Waals surface area contributed by atoms with E-state index in [1.54, 1.807) is 0 Å². The third-order valence-electron chi connectivity index (χ3n) is 2.83. The summed E-state index contributed by atoms with van der Waals surface area (Å²) in [7, 11) is 1.90. The first-order chi connectivity index (χ1) is 7.17. The van der Waals surface area contributed by atoms with Gasteiger partial charge in [0.05, 0.1) is 0 Å². The van der Waals surface area contributed by atoms with E-state index in [1.807, 2.05) is 11.9 Å². The van der Waals surface area contributed by atoms with Gasteiger partial charge in [-0.2, -0.15) is 0 Å². The monoisotopic (exact) mass is 210 g/mol. The average molecular weight is 210 g/mol. The molecule has 1 aliphatic rings. The van der Waals surface area contributed by atoms with Crippen molar-refractivity contribution in [2.45, 2.75) is 26.2 Å². The van der Waals surface area contributed by atoms with Gasteiger partial charge < -0.3 is 10.2 Å². The van der Waals surface area contributed by atoms with Gasteiger partial charge in [-0.15, -0.1) is 0 Å². The van der Waals surface area contributed by atoms with Gasteiger partial charge in [-0.1, -0.05) is 19.9 Å². The van der Waals surface area contributed by atoms with Gasteiger partial charge in [0.25, 0.3) is 0 Å². The SMILES string of the molecule is C=C(CNC)CN1CC(CCC)CC1=O. The molecule has 0 aromatic carbocycles. The van der Waals surface area contributed by atoms with Gasteiger partial charge in [0.1, 0.15) is 0 Å². The standard InChI is InChI=1S/C12H22N2O/c1-4-5-11-6-12(15)14(9-11)8-10(2)7-13-3/h11,13H,2,4-9H2,1,3H3. The van der Waals surface area contributed by atoms with E-state index in [0.717, 1.165) is 31.6 Å². The molecule has 0 bridgehead atoms. The number of nitrogens with one attached hydrogen (secondary N) is 1. The summed E-state index contributed by atoms with van der Waals surface area (Å²) >= 11 is 0. The van der Waals surface area contributed by atoms with Gasteiger partial charge in [0.2, 0.25) is 5.91 Å². The molecular formula is C12H22N2O. The Bertz CT molecular complexity index is 238. The minimum atomic E-state index is 0.297. The van der Waals surface area contributed by atoms with Gasteiger partial charge in [-0.05, 0) is 25.0 Å². The zero-order valence-corrected chi connectivity index (χ0v) is 9.88. The molecule has 0 radical (unpaired) electrons. The second kappa shape index (κ2) is 5.91. The largest absolute Gasteiger partial charge is 0.338 e. The third-order valence-corrected chi connectivity index (χ3v) is 2.83. The van der Waals surface area contributed by atoms with Crippen molar-refractivity contribution >= 4 is 5.91 Å². The van der Waals surface area contributed by atoms with E-state index in [0.29, 0.717) is 11.8 Å². The Morgan fingerprint density at radius 1 is 1.67 bits per heavy atom. The summed E-state index contributed by atoms with van der Waals surface area (Å²) < 4.78 is 0. The Hall–Kier alpha value is -0.830. The molecular weight excluding hydrogens is 188 g/mol. The van der Waals surface area contributed by atoms with Crippen LogP contribution in [0.2, 0.25) is 0 Å². The van der Waals surface area contributed by atoms with Crippen molar-refractivity contribution in [3.05, 3.63) is 12.2 Å². The lowest BCUT2D eigenvalue weighted by molar-refractivity contribution is -0.127. The molecule has 3 heteroatoms. The Labute approximate surface area is 92.5 Å². The fraction of sp³-hybridized carbons (Fsp3) is 0.750. The smallest absolute Gasteiger partial charge is 0.223 e. The van der Waals surface area contributed by atoms with Crippen molar-refractivity contribution in [2.24, 2.45) is 5.92 Å². The maximum atomic E-state index is 11.7. The van der Waals surface area contributed by atoms with Crippen molar-refractivity contribution in [1.29, 1.82) is 0 Å². The predicted octanol–water partition coefficient (Wildman–Crippen LogP) is 1.41. The van der Waals surface area contributed by atoms with Crippen molar-refractivity contribution < 1.29 is 4.79 Å². The molecule has 0 aromatic heterocycles. The lowest BCUT2D eigenvalue weighted by atomic mass is 10.0. The first kappa shape index (κ1) is 12.2. The van der Waals surface area contributed by atoms with Gasteiger partial charge in [-0.25, -0.2) is 0 Å². The summed E-state index contributed by atoms with van der Waals surface area (Å²) in [5.74, 6) is 0.871. The summed E-state index contributed by atoms with van der Waals surface area (Å²) in [5, 5.41) is 3.06. The molecule has 86 valence electrons. The highest BCUT2D eigenvalue weighted by atomic mass is 16.2. The predicted molar refractivity (Wildman–Crippen MR) is 62.7 cm³/mol. The number of likely N-dealkylation sites (N-methyl/N-ethyl adjacent to an activating group) is 1. The summed E-state index contributed by atoms with van der Waals surface area (Å²) in [6, 6.07) is 0. The summed E-state index contributed by atoms with van der Waals surface area (Å²) in [5.41, 5.74) is 1.09. The molecule has 1 atom stereocenters. The lowest BCUT2D eigenvalue weighted by Crippen LogP contribution is -2.29. The van der Waals surface area contributed by atoms with Gasteiger partial charge >= 0.3 is 0 Å². The summed E-state index contributed by atoms with van der Waals surface area (Å²) in [6.07, 6.45) is 3.07. The Balaban J connectivity index is 2.37. The van der Waals surface area contributed by atoms with Crippen LogP contribution in [-0.2, 0) is 4.79 Å². The van der Waals surface area contributed by atoms with Crippen LogP contribution in [0.3, 0.4) is 0 Å². The van der Waals surface area contributed by atoms with Crippen LogP contribution in [0, 0.1) is 5.92 Å². The molecule has 0 aromatic rings. The number of carbonyl (C=O) groups excluding carboxylic acids is 1. The van der Waals surface area contributed by atoms with Crippen molar-refractivity contribution in [3.63, 3.8) is 0 Å². The van der Waals surface area contributed by atoms with Crippen molar-refractivity contribution in [2.75, 3.05) is 26.7 Å².